The third kappa shape index (κ3) is 3.51. The summed E-state index contributed by atoms with van der Waals surface area (Å²) in [5, 5.41) is 3.03. The number of aromatic nitrogens is 2. The molecule has 0 bridgehead atoms. The van der Waals surface area contributed by atoms with Crippen LogP contribution in [0.5, 0.6) is 0 Å². The fourth-order valence-corrected chi connectivity index (χ4v) is 3.16. The molecule has 2 aromatic rings. The molecular weight excluding hydrogens is 302 g/mol. The lowest BCUT2D eigenvalue weighted by Crippen LogP contribution is -2.39. The van der Waals surface area contributed by atoms with E-state index in [4.69, 9.17) is 4.74 Å². The maximum absolute atomic E-state index is 12.5. The Morgan fingerprint density at radius 2 is 2.00 bits per heavy atom. The van der Waals surface area contributed by atoms with E-state index in [2.05, 4.69) is 10.3 Å². The first-order chi connectivity index (χ1) is 11.4. The van der Waals surface area contributed by atoms with Gasteiger partial charge in [-0.3, -0.25) is 4.79 Å². The minimum absolute atomic E-state index is 0.00645. The lowest BCUT2D eigenvalue weighted by molar-refractivity contribution is -0.130. The Hall–Kier alpha value is -2.14. The van der Waals surface area contributed by atoms with Crippen LogP contribution in [0.1, 0.15) is 38.1 Å². The molecule has 1 aliphatic heterocycles. The average Bonchev–Trinajstić information content (AvgIpc) is 2.87. The lowest BCUT2D eigenvalue weighted by atomic mass is 9.88. The quantitative estimate of drug-likeness (QED) is 0.936. The number of hydrogen-bond acceptors (Lipinski definition) is 3. The van der Waals surface area contributed by atoms with Gasteiger partial charge in [-0.15, -0.1) is 0 Å². The number of amides is 1. The van der Waals surface area contributed by atoms with E-state index >= 15 is 0 Å². The molecule has 24 heavy (non-hydrogen) atoms. The third-order valence-electron chi connectivity index (χ3n) is 4.73. The van der Waals surface area contributed by atoms with Crippen LogP contribution in [0.3, 0.4) is 0 Å². The van der Waals surface area contributed by atoms with Crippen molar-refractivity contribution in [2.45, 2.75) is 46.1 Å². The number of imidazole rings is 1. The summed E-state index contributed by atoms with van der Waals surface area (Å²) in [4.78, 5) is 16.8. The predicted molar refractivity (Wildman–Crippen MR) is 94.4 cm³/mol. The molecule has 2 heterocycles. The van der Waals surface area contributed by atoms with Crippen molar-refractivity contribution >= 4 is 11.6 Å². The number of ether oxygens (including phenoxy) is 1. The number of nitrogens with zero attached hydrogens (tertiary/aromatic N) is 2. The molecule has 1 aromatic carbocycles. The van der Waals surface area contributed by atoms with Crippen molar-refractivity contribution in [3.63, 3.8) is 0 Å². The average molecular weight is 327 g/mol. The Labute approximate surface area is 143 Å². The molecule has 128 valence electrons. The number of anilines is 1. The molecule has 1 unspecified atom stereocenters. The number of aryl methyl sites for hydroxylation is 1. The van der Waals surface area contributed by atoms with Crippen LogP contribution in [0.2, 0.25) is 0 Å². The van der Waals surface area contributed by atoms with E-state index in [-0.39, 0.29) is 17.4 Å². The highest BCUT2D eigenvalue weighted by Gasteiger charge is 2.32. The molecule has 1 amide bonds. The number of benzene rings is 1. The van der Waals surface area contributed by atoms with Crippen molar-refractivity contribution < 1.29 is 9.53 Å². The second-order valence-electron chi connectivity index (χ2n) is 7.12. The summed E-state index contributed by atoms with van der Waals surface area (Å²) in [6.07, 6.45) is 3.35. The standard InChI is InChI=1S/C19H25N3O2/c1-13-14(2)22(12-20-13)17-7-5-16(6-8-17)21-18(23)15-9-10-24-19(3,4)11-15/h5-8,12,15H,9-11H2,1-4H3,(H,21,23). The van der Waals surface area contributed by atoms with Crippen molar-refractivity contribution in [1.29, 1.82) is 0 Å². The summed E-state index contributed by atoms with van der Waals surface area (Å²) in [5.41, 5.74) is 3.78. The highest BCUT2D eigenvalue weighted by molar-refractivity contribution is 5.92. The summed E-state index contributed by atoms with van der Waals surface area (Å²) >= 11 is 0. The van der Waals surface area contributed by atoms with Crippen LogP contribution in [0, 0.1) is 19.8 Å². The van der Waals surface area contributed by atoms with Crippen LogP contribution < -0.4 is 5.32 Å². The van der Waals surface area contributed by atoms with E-state index < -0.39 is 0 Å². The summed E-state index contributed by atoms with van der Waals surface area (Å²) in [7, 11) is 0. The summed E-state index contributed by atoms with van der Waals surface area (Å²) in [6.45, 7) is 8.76. The Morgan fingerprint density at radius 3 is 2.58 bits per heavy atom. The Kier molecular flexibility index (Phi) is 4.45. The second-order valence-corrected chi connectivity index (χ2v) is 7.12. The molecule has 0 saturated carbocycles. The van der Waals surface area contributed by atoms with E-state index in [1.165, 1.54) is 0 Å². The third-order valence-corrected chi connectivity index (χ3v) is 4.73. The highest BCUT2D eigenvalue weighted by Crippen LogP contribution is 2.29. The Morgan fingerprint density at radius 1 is 1.29 bits per heavy atom. The monoisotopic (exact) mass is 327 g/mol. The molecule has 1 fully saturated rings. The maximum atomic E-state index is 12.5. The van der Waals surface area contributed by atoms with E-state index in [1.54, 1.807) is 0 Å². The summed E-state index contributed by atoms with van der Waals surface area (Å²) in [5.74, 6) is 0.0840. The zero-order chi connectivity index (χ0) is 17.3. The van der Waals surface area contributed by atoms with Crippen LogP contribution in [0.4, 0.5) is 5.69 Å². The topological polar surface area (TPSA) is 56.2 Å². The van der Waals surface area contributed by atoms with Gasteiger partial charge in [-0.25, -0.2) is 4.98 Å². The van der Waals surface area contributed by atoms with E-state index in [1.807, 2.05) is 62.9 Å². The molecule has 5 heteroatoms. The molecule has 1 N–H and O–H groups in total. The number of carbonyl (C=O) groups excluding carboxylic acids is 1. The molecular formula is C19H25N3O2. The minimum Gasteiger partial charge on any atom is -0.376 e. The summed E-state index contributed by atoms with van der Waals surface area (Å²) in [6, 6.07) is 7.87. The van der Waals surface area contributed by atoms with Crippen molar-refractivity contribution in [2.75, 3.05) is 11.9 Å². The van der Waals surface area contributed by atoms with Gasteiger partial charge in [-0.05, 0) is 64.8 Å². The zero-order valence-corrected chi connectivity index (χ0v) is 14.8. The van der Waals surface area contributed by atoms with Crippen LogP contribution in [0.15, 0.2) is 30.6 Å². The SMILES string of the molecule is Cc1ncn(-c2ccc(NC(=O)C3CCOC(C)(C)C3)cc2)c1C. The molecule has 1 saturated heterocycles. The Bertz CT molecular complexity index is 732. The predicted octanol–water partition coefficient (Wildman–Crippen LogP) is 3.63. The molecule has 0 aliphatic carbocycles. The normalized spacial score (nSPS) is 19.9. The number of carbonyl (C=O) groups is 1. The van der Waals surface area contributed by atoms with E-state index in [9.17, 15) is 4.79 Å². The minimum atomic E-state index is -0.221. The van der Waals surface area contributed by atoms with Gasteiger partial charge in [-0.2, -0.15) is 0 Å². The number of nitrogens with one attached hydrogen (secondary N) is 1. The van der Waals surface area contributed by atoms with Crippen molar-refractivity contribution in [3.05, 3.63) is 42.0 Å². The first kappa shape index (κ1) is 16.7. The first-order valence-electron chi connectivity index (χ1n) is 8.41. The molecule has 0 spiro atoms. The van der Waals surface area contributed by atoms with Crippen LogP contribution in [-0.4, -0.2) is 27.7 Å². The summed E-state index contributed by atoms with van der Waals surface area (Å²) < 4.78 is 7.73. The Balaban J connectivity index is 1.68. The van der Waals surface area contributed by atoms with Gasteiger partial charge in [0.15, 0.2) is 0 Å². The smallest absolute Gasteiger partial charge is 0.227 e. The second kappa shape index (κ2) is 6.40. The number of rotatable bonds is 3. The van der Waals surface area contributed by atoms with Crippen molar-refractivity contribution in [2.24, 2.45) is 5.92 Å². The van der Waals surface area contributed by atoms with E-state index in [0.29, 0.717) is 6.61 Å². The van der Waals surface area contributed by atoms with Gasteiger partial charge in [0.2, 0.25) is 5.91 Å². The molecule has 0 radical (unpaired) electrons. The fraction of sp³-hybridized carbons (Fsp3) is 0.474. The van der Waals surface area contributed by atoms with Gasteiger partial charge >= 0.3 is 0 Å². The van der Waals surface area contributed by atoms with Gasteiger partial charge in [0.1, 0.15) is 0 Å². The van der Waals surface area contributed by atoms with Crippen LogP contribution >= 0.6 is 0 Å². The lowest BCUT2D eigenvalue weighted by Gasteiger charge is -2.34. The first-order valence-corrected chi connectivity index (χ1v) is 8.41. The van der Waals surface area contributed by atoms with Crippen LogP contribution in [0.25, 0.3) is 5.69 Å². The van der Waals surface area contributed by atoms with Gasteiger partial charge in [0.25, 0.3) is 0 Å². The molecule has 1 aromatic heterocycles. The zero-order valence-electron chi connectivity index (χ0n) is 14.8. The van der Waals surface area contributed by atoms with Gasteiger partial charge in [0, 0.05) is 29.6 Å². The highest BCUT2D eigenvalue weighted by atomic mass is 16.5. The van der Waals surface area contributed by atoms with Crippen LogP contribution in [-0.2, 0) is 9.53 Å². The molecule has 5 nitrogen and oxygen atoms in total. The molecule has 3 rings (SSSR count). The van der Waals surface area contributed by atoms with Gasteiger partial charge in [-0.1, -0.05) is 0 Å². The van der Waals surface area contributed by atoms with Crippen molar-refractivity contribution in [3.8, 4) is 5.69 Å². The van der Waals surface area contributed by atoms with E-state index in [0.717, 1.165) is 35.6 Å². The molecule has 1 aliphatic rings. The maximum Gasteiger partial charge on any atom is 0.227 e. The fourth-order valence-electron chi connectivity index (χ4n) is 3.16. The largest absolute Gasteiger partial charge is 0.376 e. The van der Waals surface area contributed by atoms with Gasteiger partial charge < -0.3 is 14.6 Å². The molecule has 1 atom stereocenters. The number of hydrogen-bond donors (Lipinski definition) is 1. The van der Waals surface area contributed by atoms with Crippen molar-refractivity contribution in [1.82, 2.24) is 9.55 Å². The van der Waals surface area contributed by atoms with Gasteiger partial charge in [0.05, 0.1) is 17.6 Å².